The molecule has 1 amide bonds. The predicted molar refractivity (Wildman–Crippen MR) is 93.1 cm³/mol. The molecule has 1 aromatic rings. The van der Waals surface area contributed by atoms with Crippen molar-refractivity contribution in [2.45, 2.75) is 44.7 Å². The lowest BCUT2D eigenvalue weighted by Gasteiger charge is -2.32. The van der Waals surface area contributed by atoms with Crippen molar-refractivity contribution in [3.05, 3.63) is 35.6 Å². The van der Waals surface area contributed by atoms with Gasteiger partial charge < -0.3 is 10.2 Å². The number of carbonyl (C=O) groups is 1. The lowest BCUT2D eigenvalue weighted by Crippen LogP contribution is -2.45. The third-order valence-corrected chi connectivity index (χ3v) is 5.20. The molecule has 0 unspecified atom stereocenters. The largest absolute Gasteiger partial charge is 0.351 e. The second-order valence-corrected chi connectivity index (χ2v) is 7.00. The maximum absolute atomic E-state index is 13.6. The molecule has 0 spiro atoms. The predicted octanol–water partition coefficient (Wildman–Crippen LogP) is 2.39. The Morgan fingerprint density at radius 3 is 2.71 bits per heavy atom. The van der Waals surface area contributed by atoms with Gasteiger partial charge in [-0.1, -0.05) is 24.6 Å². The number of likely N-dealkylation sites (tertiary alicyclic amines) is 2. The quantitative estimate of drug-likeness (QED) is 0.868. The van der Waals surface area contributed by atoms with Crippen molar-refractivity contribution in [1.29, 1.82) is 0 Å². The van der Waals surface area contributed by atoms with Gasteiger partial charge in [-0.05, 0) is 51.4 Å². The van der Waals surface area contributed by atoms with Crippen molar-refractivity contribution in [3.8, 4) is 0 Å². The Bertz CT molecular complexity index is 545. The molecule has 5 heteroatoms. The molecule has 1 atom stereocenters. The average molecular weight is 333 g/mol. The first-order chi connectivity index (χ1) is 11.7. The summed E-state index contributed by atoms with van der Waals surface area (Å²) >= 11 is 0. The van der Waals surface area contributed by atoms with Crippen LogP contribution in [0.15, 0.2) is 24.3 Å². The third kappa shape index (κ3) is 4.77. The zero-order valence-corrected chi connectivity index (χ0v) is 14.3. The molecule has 2 saturated heterocycles. The summed E-state index contributed by atoms with van der Waals surface area (Å²) in [7, 11) is 0. The number of benzene rings is 1. The average Bonchev–Trinajstić information content (AvgIpc) is 3.02. The zero-order valence-electron chi connectivity index (χ0n) is 14.3. The number of piperidine rings is 1. The Labute approximate surface area is 144 Å². The van der Waals surface area contributed by atoms with Crippen LogP contribution in [0, 0.1) is 5.82 Å². The lowest BCUT2D eigenvalue weighted by molar-refractivity contribution is -0.122. The van der Waals surface area contributed by atoms with Crippen LogP contribution in [0.4, 0.5) is 4.39 Å². The summed E-state index contributed by atoms with van der Waals surface area (Å²) in [6.07, 6.45) is 6.30. The van der Waals surface area contributed by atoms with Crippen molar-refractivity contribution >= 4 is 5.91 Å². The number of amides is 1. The van der Waals surface area contributed by atoms with E-state index in [1.165, 1.54) is 51.3 Å². The van der Waals surface area contributed by atoms with Crippen LogP contribution in [-0.4, -0.2) is 54.5 Å². The topological polar surface area (TPSA) is 35.6 Å². The molecule has 2 fully saturated rings. The summed E-state index contributed by atoms with van der Waals surface area (Å²) in [5.41, 5.74) is 0.539. The normalized spacial score (nSPS) is 22.6. The second kappa shape index (κ2) is 8.58. The number of carbonyl (C=O) groups excluding carboxylic acids is 1. The molecule has 2 heterocycles. The Morgan fingerprint density at radius 2 is 1.92 bits per heavy atom. The highest BCUT2D eigenvalue weighted by molar-refractivity contribution is 5.78. The van der Waals surface area contributed by atoms with Crippen LogP contribution in [0.2, 0.25) is 0 Å². The second-order valence-electron chi connectivity index (χ2n) is 7.00. The zero-order chi connectivity index (χ0) is 16.8. The highest BCUT2D eigenvalue weighted by Gasteiger charge is 2.28. The Morgan fingerprint density at radius 1 is 1.12 bits per heavy atom. The number of hydrogen-bond acceptors (Lipinski definition) is 3. The van der Waals surface area contributed by atoms with Gasteiger partial charge >= 0.3 is 0 Å². The number of halogens is 1. The van der Waals surface area contributed by atoms with Gasteiger partial charge in [0.05, 0.1) is 6.54 Å². The van der Waals surface area contributed by atoms with Gasteiger partial charge in [0.25, 0.3) is 0 Å². The first kappa shape index (κ1) is 17.4. The molecule has 4 nitrogen and oxygen atoms in total. The minimum Gasteiger partial charge on any atom is -0.351 e. The van der Waals surface area contributed by atoms with Crippen LogP contribution < -0.4 is 5.32 Å². The maximum atomic E-state index is 13.6. The Kier molecular flexibility index (Phi) is 6.21. The van der Waals surface area contributed by atoms with Crippen LogP contribution in [0.5, 0.6) is 0 Å². The van der Waals surface area contributed by atoms with Crippen LogP contribution in [0.1, 0.15) is 37.7 Å². The summed E-state index contributed by atoms with van der Waals surface area (Å²) in [5.74, 6) is -0.272. The maximum Gasteiger partial charge on any atom is 0.234 e. The fraction of sp³-hybridized carbons (Fsp3) is 0.632. The standard InChI is InChI=1S/C19H28FN3O/c20-18-9-3-2-7-16(18)13-21-19(24)15-23-12-6-8-17(23)14-22-10-4-1-5-11-22/h2-3,7,9,17H,1,4-6,8,10-15H2,(H,21,24)/t17-/m0/s1. The van der Waals surface area contributed by atoms with Gasteiger partial charge in [0, 0.05) is 24.7 Å². The van der Waals surface area contributed by atoms with Crippen LogP contribution in [0.3, 0.4) is 0 Å². The van der Waals surface area contributed by atoms with Crippen LogP contribution in [0.25, 0.3) is 0 Å². The van der Waals surface area contributed by atoms with Gasteiger partial charge in [-0.3, -0.25) is 9.69 Å². The number of rotatable bonds is 6. The van der Waals surface area contributed by atoms with E-state index in [0.717, 1.165) is 13.1 Å². The molecule has 2 aliphatic rings. The van der Waals surface area contributed by atoms with Crippen LogP contribution in [-0.2, 0) is 11.3 Å². The summed E-state index contributed by atoms with van der Waals surface area (Å²) in [6.45, 7) is 5.16. The molecule has 0 radical (unpaired) electrons. The van der Waals surface area contributed by atoms with Gasteiger partial charge in [0.2, 0.25) is 5.91 Å². The van der Waals surface area contributed by atoms with E-state index in [4.69, 9.17) is 0 Å². The molecular formula is C19H28FN3O. The molecule has 1 aromatic carbocycles. The Balaban J connectivity index is 1.45. The fourth-order valence-corrected chi connectivity index (χ4v) is 3.83. The molecule has 0 aromatic heterocycles. The van der Waals surface area contributed by atoms with Crippen LogP contribution >= 0.6 is 0 Å². The van der Waals surface area contributed by atoms with Gasteiger partial charge in [0.15, 0.2) is 0 Å². The van der Waals surface area contributed by atoms with E-state index in [-0.39, 0.29) is 18.3 Å². The van der Waals surface area contributed by atoms with Gasteiger partial charge in [-0.15, -0.1) is 0 Å². The van der Waals surface area contributed by atoms with E-state index in [1.807, 2.05) is 0 Å². The Hall–Kier alpha value is -1.46. The number of hydrogen-bond donors (Lipinski definition) is 1. The van der Waals surface area contributed by atoms with Gasteiger partial charge in [0.1, 0.15) is 5.82 Å². The van der Waals surface area contributed by atoms with Crippen molar-refractivity contribution < 1.29 is 9.18 Å². The molecule has 3 rings (SSSR count). The van der Waals surface area contributed by atoms with E-state index >= 15 is 0 Å². The summed E-state index contributed by atoms with van der Waals surface area (Å²) in [4.78, 5) is 17.1. The van der Waals surface area contributed by atoms with Crippen molar-refractivity contribution in [2.24, 2.45) is 0 Å². The van der Waals surface area contributed by atoms with E-state index < -0.39 is 0 Å². The molecule has 24 heavy (non-hydrogen) atoms. The SMILES string of the molecule is O=C(CN1CCC[C@H]1CN1CCCCC1)NCc1ccccc1F. The van der Waals surface area contributed by atoms with Crippen molar-refractivity contribution in [2.75, 3.05) is 32.7 Å². The number of nitrogens with one attached hydrogen (secondary N) is 1. The molecule has 1 N–H and O–H groups in total. The van der Waals surface area contributed by atoms with E-state index in [2.05, 4.69) is 15.1 Å². The van der Waals surface area contributed by atoms with Gasteiger partial charge in [-0.2, -0.15) is 0 Å². The molecule has 0 saturated carbocycles. The van der Waals surface area contributed by atoms with E-state index in [1.54, 1.807) is 18.2 Å². The fourth-order valence-electron chi connectivity index (χ4n) is 3.83. The summed E-state index contributed by atoms with van der Waals surface area (Å²) in [6, 6.07) is 7.08. The minimum atomic E-state index is -0.262. The van der Waals surface area contributed by atoms with Crippen molar-refractivity contribution in [3.63, 3.8) is 0 Å². The molecule has 132 valence electrons. The highest BCUT2D eigenvalue weighted by atomic mass is 19.1. The monoisotopic (exact) mass is 333 g/mol. The molecule has 2 aliphatic heterocycles. The van der Waals surface area contributed by atoms with Crippen molar-refractivity contribution in [1.82, 2.24) is 15.1 Å². The van der Waals surface area contributed by atoms with Gasteiger partial charge in [-0.25, -0.2) is 4.39 Å². The molecule has 0 bridgehead atoms. The third-order valence-electron chi connectivity index (χ3n) is 5.20. The smallest absolute Gasteiger partial charge is 0.234 e. The first-order valence-corrected chi connectivity index (χ1v) is 9.19. The lowest BCUT2D eigenvalue weighted by atomic mass is 10.1. The minimum absolute atomic E-state index is 0.0104. The first-order valence-electron chi connectivity index (χ1n) is 9.19. The highest BCUT2D eigenvalue weighted by Crippen LogP contribution is 2.19. The van der Waals surface area contributed by atoms with E-state index in [0.29, 0.717) is 18.2 Å². The summed E-state index contributed by atoms with van der Waals surface area (Å²) in [5, 5.41) is 2.86. The summed E-state index contributed by atoms with van der Waals surface area (Å²) < 4.78 is 13.6. The van der Waals surface area contributed by atoms with E-state index in [9.17, 15) is 9.18 Å². The number of nitrogens with zero attached hydrogens (tertiary/aromatic N) is 2. The molecular weight excluding hydrogens is 305 g/mol. The molecule has 0 aliphatic carbocycles.